The summed E-state index contributed by atoms with van der Waals surface area (Å²) in [5.41, 5.74) is 12.7. The molecule has 2 heterocycles. The number of nitrogens with two attached hydrogens (primary N) is 1. The molecule has 4 aromatic carbocycles. The summed E-state index contributed by atoms with van der Waals surface area (Å²) < 4.78 is 0. The van der Waals surface area contributed by atoms with Crippen molar-refractivity contribution < 1.29 is 4.79 Å². The third-order valence-electron chi connectivity index (χ3n) is 11.4. The van der Waals surface area contributed by atoms with Gasteiger partial charge in [0.05, 0.1) is 6.07 Å². The molecule has 2 aliphatic carbocycles. The van der Waals surface area contributed by atoms with Gasteiger partial charge in [-0.15, -0.1) is 0 Å². The highest BCUT2D eigenvalue weighted by atomic mass is 16.1. The van der Waals surface area contributed by atoms with E-state index in [0.717, 1.165) is 69.7 Å². The van der Waals surface area contributed by atoms with Crippen molar-refractivity contribution in [1.82, 2.24) is 9.80 Å². The average Bonchev–Trinajstić information content (AvgIpc) is 3.78. The Kier molecular flexibility index (Phi) is 9.70. The number of nitrogens with one attached hydrogen (secondary N) is 2. The van der Waals surface area contributed by atoms with Crippen LogP contribution in [0.1, 0.15) is 72.9 Å². The first kappa shape index (κ1) is 32.9. The van der Waals surface area contributed by atoms with Gasteiger partial charge in [0.25, 0.3) is 0 Å². The van der Waals surface area contributed by atoms with Crippen molar-refractivity contribution in [3.05, 3.63) is 131 Å². The van der Waals surface area contributed by atoms with Crippen molar-refractivity contribution in [3.8, 4) is 6.07 Å². The minimum Gasteiger partial charge on any atom is -0.371 e. The van der Waals surface area contributed by atoms with Gasteiger partial charge in [-0.25, -0.2) is 0 Å². The second-order valence-corrected chi connectivity index (χ2v) is 14.2. The standard InChI is InChI=1S/C21H25N3O.C21H23N3/c22-20(25)21(23-17-7-2-1-3-8-17)12-14-24(15-13-21)19-11-10-16-6-4-5-9-18(16)19;22-16-21(23-18-7-2-1-3-8-18)12-14-24(15-13-21)20-11-10-17-6-4-5-9-19(17)20/h1-9,19,23H,10-15H2,(H2,22,25);1-9,20,23H,10-15H2/t19-;20-/m00/s1. The number of para-hydroxylation sites is 2. The maximum Gasteiger partial charge on any atom is 0.243 e. The molecule has 252 valence electrons. The van der Waals surface area contributed by atoms with Crippen LogP contribution < -0.4 is 16.4 Å². The fraction of sp³-hybridized carbons (Fsp3) is 0.381. The number of carbonyl (C=O) groups excluding carboxylic acids is 1. The van der Waals surface area contributed by atoms with E-state index < -0.39 is 11.1 Å². The predicted octanol–water partition coefficient (Wildman–Crippen LogP) is 7.25. The molecule has 0 bridgehead atoms. The first-order valence-corrected chi connectivity index (χ1v) is 18.0. The molecule has 49 heavy (non-hydrogen) atoms. The molecule has 8 rings (SSSR count). The molecule has 7 nitrogen and oxygen atoms in total. The van der Waals surface area contributed by atoms with Crippen LogP contribution in [0.5, 0.6) is 0 Å². The molecule has 1 amide bonds. The lowest BCUT2D eigenvalue weighted by molar-refractivity contribution is -0.124. The van der Waals surface area contributed by atoms with Crippen LogP contribution in [0.2, 0.25) is 0 Å². The van der Waals surface area contributed by atoms with E-state index in [-0.39, 0.29) is 5.91 Å². The summed E-state index contributed by atoms with van der Waals surface area (Å²) >= 11 is 0. The molecule has 0 saturated carbocycles. The van der Waals surface area contributed by atoms with E-state index >= 15 is 0 Å². The minimum absolute atomic E-state index is 0.247. The van der Waals surface area contributed by atoms with Crippen LogP contribution in [0, 0.1) is 11.3 Å². The number of anilines is 2. The fourth-order valence-electron chi connectivity index (χ4n) is 8.56. The number of nitriles is 1. The van der Waals surface area contributed by atoms with Crippen LogP contribution in [0.15, 0.2) is 109 Å². The molecule has 2 atom stereocenters. The Balaban J connectivity index is 0.000000154. The van der Waals surface area contributed by atoms with Gasteiger partial charge in [0.2, 0.25) is 5.91 Å². The number of primary amides is 1. The number of aryl methyl sites for hydroxylation is 2. The van der Waals surface area contributed by atoms with Gasteiger partial charge in [-0.2, -0.15) is 5.26 Å². The Morgan fingerprint density at radius 3 is 1.53 bits per heavy atom. The highest BCUT2D eigenvalue weighted by molar-refractivity contribution is 5.88. The normalized spacial score (nSPS) is 22.4. The van der Waals surface area contributed by atoms with Crippen LogP contribution in [-0.4, -0.2) is 53.0 Å². The first-order chi connectivity index (χ1) is 24.0. The SMILES string of the molecule is N#CC1(Nc2ccccc2)CCN([C@H]2CCc3ccccc32)CC1.NC(=O)C1(Nc2ccccc2)CCN([C@H]2CCc3ccccc32)CC1. The van der Waals surface area contributed by atoms with Crippen LogP contribution in [-0.2, 0) is 17.6 Å². The van der Waals surface area contributed by atoms with Gasteiger partial charge in [0, 0.05) is 49.6 Å². The smallest absolute Gasteiger partial charge is 0.243 e. The van der Waals surface area contributed by atoms with E-state index in [0.29, 0.717) is 12.1 Å². The van der Waals surface area contributed by atoms with Crippen LogP contribution in [0.3, 0.4) is 0 Å². The monoisotopic (exact) mass is 652 g/mol. The van der Waals surface area contributed by atoms with Gasteiger partial charge in [-0.3, -0.25) is 14.6 Å². The molecule has 0 unspecified atom stereocenters. The van der Waals surface area contributed by atoms with Crippen molar-refractivity contribution in [2.24, 2.45) is 5.73 Å². The quantitative estimate of drug-likeness (QED) is 0.195. The minimum atomic E-state index is -0.643. The average molecular weight is 653 g/mol. The molecule has 2 fully saturated rings. The van der Waals surface area contributed by atoms with E-state index in [1.54, 1.807) is 0 Å². The number of carbonyl (C=O) groups is 1. The predicted molar refractivity (Wildman–Crippen MR) is 197 cm³/mol. The highest BCUT2D eigenvalue weighted by Crippen LogP contribution is 2.40. The molecule has 4 N–H and O–H groups in total. The topological polar surface area (TPSA) is 97.4 Å². The summed E-state index contributed by atoms with van der Waals surface area (Å²) in [6.45, 7) is 3.74. The maximum absolute atomic E-state index is 12.2. The number of hydrogen-bond acceptors (Lipinski definition) is 6. The molecular formula is C42H48N6O. The van der Waals surface area contributed by atoms with Crippen molar-refractivity contribution in [3.63, 3.8) is 0 Å². The molecule has 0 radical (unpaired) electrons. The number of amides is 1. The Bertz CT molecular complexity index is 1750. The molecule has 4 aromatic rings. The molecule has 2 saturated heterocycles. The Morgan fingerprint density at radius 2 is 1.06 bits per heavy atom. The molecular weight excluding hydrogens is 605 g/mol. The van der Waals surface area contributed by atoms with Gasteiger partial charge in [-0.1, -0.05) is 84.9 Å². The number of rotatable bonds is 7. The zero-order valence-corrected chi connectivity index (χ0v) is 28.4. The maximum atomic E-state index is 12.2. The number of piperidine rings is 2. The Labute approximate surface area is 291 Å². The van der Waals surface area contributed by atoms with E-state index in [1.807, 2.05) is 60.7 Å². The second kappa shape index (κ2) is 14.5. The van der Waals surface area contributed by atoms with Gasteiger partial charge < -0.3 is 16.4 Å². The third kappa shape index (κ3) is 7.08. The van der Waals surface area contributed by atoms with E-state index in [4.69, 9.17) is 5.73 Å². The molecule has 0 aromatic heterocycles. The number of benzene rings is 4. The highest BCUT2D eigenvalue weighted by Gasteiger charge is 2.42. The number of hydrogen-bond donors (Lipinski definition) is 3. The molecule has 0 spiro atoms. The van der Waals surface area contributed by atoms with Crippen molar-refractivity contribution >= 4 is 17.3 Å². The van der Waals surface area contributed by atoms with Gasteiger partial charge in [0.15, 0.2) is 0 Å². The third-order valence-corrected chi connectivity index (χ3v) is 11.4. The summed E-state index contributed by atoms with van der Waals surface area (Å²) in [4.78, 5) is 17.4. The van der Waals surface area contributed by atoms with Crippen LogP contribution in [0.25, 0.3) is 0 Å². The van der Waals surface area contributed by atoms with E-state index in [1.165, 1.54) is 41.5 Å². The van der Waals surface area contributed by atoms with E-state index in [2.05, 4.69) is 75.0 Å². The number of nitrogens with zero attached hydrogens (tertiary/aromatic N) is 3. The summed E-state index contributed by atoms with van der Waals surface area (Å²) in [5.74, 6) is -0.247. The van der Waals surface area contributed by atoms with Crippen molar-refractivity contribution in [2.45, 2.75) is 74.5 Å². The van der Waals surface area contributed by atoms with Crippen LogP contribution >= 0.6 is 0 Å². The molecule has 7 heteroatoms. The van der Waals surface area contributed by atoms with Crippen LogP contribution in [0.4, 0.5) is 11.4 Å². The lowest BCUT2D eigenvalue weighted by atomic mass is 9.85. The van der Waals surface area contributed by atoms with Gasteiger partial charge in [0.1, 0.15) is 11.1 Å². The largest absolute Gasteiger partial charge is 0.371 e. The Morgan fingerprint density at radius 1 is 0.633 bits per heavy atom. The fourth-order valence-corrected chi connectivity index (χ4v) is 8.56. The van der Waals surface area contributed by atoms with E-state index in [9.17, 15) is 10.1 Å². The summed E-state index contributed by atoms with van der Waals surface area (Å²) in [5, 5.41) is 16.7. The zero-order chi connectivity index (χ0) is 33.7. The van der Waals surface area contributed by atoms with Crippen molar-refractivity contribution in [2.75, 3.05) is 36.8 Å². The number of fused-ring (bicyclic) bond motifs is 2. The Hall–Kier alpha value is -4.64. The van der Waals surface area contributed by atoms with Gasteiger partial charge in [-0.05, 0) is 97.9 Å². The summed E-state index contributed by atoms with van der Waals surface area (Å²) in [6.07, 6.45) is 7.96. The lowest BCUT2D eigenvalue weighted by Gasteiger charge is -2.43. The van der Waals surface area contributed by atoms with Gasteiger partial charge >= 0.3 is 0 Å². The second-order valence-electron chi connectivity index (χ2n) is 14.2. The zero-order valence-electron chi connectivity index (χ0n) is 28.4. The summed E-state index contributed by atoms with van der Waals surface area (Å²) in [6, 6.07) is 41.2. The summed E-state index contributed by atoms with van der Waals surface area (Å²) in [7, 11) is 0. The molecule has 2 aliphatic heterocycles. The van der Waals surface area contributed by atoms with Crippen molar-refractivity contribution in [1.29, 1.82) is 5.26 Å². The lowest BCUT2D eigenvalue weighted by Crippen LogP contribution is -2.57. The molecule has 4 aliphatic rings. The number of likely N-dealkylation sites (tertiary alicyclic amines) is 2. The first-order valence-electron chi connectivity index (χ1n) is 18.0.